The Kier molecular flexibility index (Phi) is 5.09. The molecule has 0 spiro atoms. The lowest BCUT2D eigenvalue weighted by molar-refractivity contribution is 0.867. The molecule has 0 aliphatic rings. The standard InChI is InChI=1S/C19H22N6/c1-13(2)15-6-4-8-17(10-15)24-19(20)21-11-14-5-3-7-16(9-14)18-22-12-23-25-18/h3-10,12-13H,11H2,1-2H3,(H3,20,21,24)(H,22,23,25). The Morgan fingerprint density at radius 1 is 1.20 bits per heavy atom. The van der Waals surface area contributed by atoms with E-state index in [0.717, 1.165) is 22.6 Å². The highest BCUT2D eigenvalue weighted by atomic mass is 15.2. The number of hydrogen-bond donors (Lipinski definition) is 3. The molecule has 0 fully saturated rings. The third kappa shape index (κ3) is 4.44. The van der Waals surface area contributed by atoms with Crippen LogP contribution in [0.1, 0.15) is 30.9 Å². The SMILES string of the molecule is CC(C)c1cccc(NC(N)=NCc2cccc(-c3ncn[nH]3)c2)c1. The topological polar surface area (TPSA) is 92.0 Å². The third-order valence-corrected chi connectivity index (χ3v) is 3.87. The summed E-state index contributed by atoms with van der Waals surface area (Å²) in [5.74, 6) is 1.60. The number of nitrogens with two attached hydrogens (primary N) is 1. The first-order valence-electron chi connectivity index (χ1n) is 8.23. The Morgan fingerprint density at radius 3 is 2.80 bits per heavy atom. The number of H-pyrrole nitrogens is 1. The van der Waals surface area contributed by atoms with Crippen molar-refractivity contribution in [3.05, 3.63) is 66.0 Å². The molecule has 3 aromatic rings. The van der Waals surface area contributed by atoms with Crippen molar-refractivity contribution in [1.82, 2.24) is 15.2 Å². The van der Waals surface area contributed by atoms with E-state index >= 15 is 0 Å². The second-order valence-electron chi connectivity index (χ2n) is 6.14. The highest BCUT2D eigenvalue weighted by molar-refractivity contribution is 5.92. The molecular weight excluding hydrogens is 312 g/mol. The van der Waals surface area contributed by atoms with Crippen LogP contribution in [0.4, 0.5) is 5.69 Å². The summed E-state index contributed by atoms with van der Waals surface area (Å²) in [5, 5.41) is 9.88. The number of rotatable bonds is 5. The first kappa shape index (κ1) is 16.7. The van der Waals surface area contributed by atoms with Crippen LogP contribution in [0.2, 0.25) is 0 Å². The molecule has 3 rings (SSSR count). The summed E-state index contributed by atoms with van der Waals surface area (Å²) >= 11 is 0. The van der Waals surface area contributed by atoms with Gasteiger partial charge in [0.2, 0.25) is 0 Å². The van der Waals surface area contributed by atoms with Crippen LogP contribution in [0.5, 0.6) is 0 Å². The van der Waals surface area contributed by atoms with Gasteiger partial charge in [-0.25, -0.2) is 9.98 Å². The molecule has 6 heteroatoms. The number of aromatic nitrogens is 3. The van der Waals surface area contributed by atoms with E-state index in [9.17, 15) is 0 Å². The molecule has 0 atom stereocenters. The van der Waals surface area contributed by atoms with E-state index in [1.54, 1.807) is 0 Å². The maximum absolute atomic E-state index is 6.02. The van der Waals surface area contributed by atoms with Crippen LogP contribution < -0.4 is 11.1 Å². The van der Waals surface area contributed by atoms with Crippen LogP contribution >= 0.6 is 0 Å². The van der Waals surface area contributed by atoms with Crippen LogP contribution in [0.15, 0.2) is 59.9 Å². The van der Waals surface area contributed by atoms with Crippen molar-refractivity contribution in [3.8, 4) is 11.4 Å². The summed E-state index contributed by atoms with van der Waals surface area (Å²) in [6.45, 7) is 4.82. The minimum absolute atomic E-state index is 0.394. The van der Waals surface area contributed by atoms with Gasteiger partial charge in [-0.1, -0.05) is 44.2 Å². The van der Waals surface area contributed by atoms with Crippen molar-refractivity contribution >= 4 is 11.6 Å². The van der Waals surface area contributed by atoms with Gasteiger partial charge in [0, 0.05) is 11.3 Å². The lowest BCUT2D eigenvalue weighted by Gasteiger charge is -2.10. The van der Waals surface area contributed by atoms with Gasteiger partial charge in [0.1, 0.15) is 6.33 Å². The number of nitrogens with zero attached hydrogens (tertiary/aromatic N) is 3. The van der Waals surface area contributed by atoms with Crippen LogP contribution in [0.25, 0.3) is 11.4 Å². The number of anilines is 1. The maximum atomic E-state index is 6.02. The molecule has 1 heterocycles. The summed E-state index contributed by atoms with van der Waals surface area (Å²) in [6, 6.07) is 16.2. The molecular formula is C19H22N6. The molecule has 25 heavy (non-hydrogen) atoms. The van der Waals surface area contributed by atoms with E-state index in [0.29, 0.717) is 18.4 Å². The van der Waals surface area contributed by atoms with Crippen LogP contribution in [0.3, 0.4) is 0 Å². The fraction of sp³-hybridized carbons (Fsp3) is 0.211. The lowest BCUT2D eigenvalue weighted by Crippen LogP contribution is -2.22. The van der Waals surface area contributed by atoms with Crippen molar-refractivity contribution < 1.29 is 0 Å². The third-order valence-electron chi connectivity index (χ3n) is 3.87. The number of benzene rings is 2. The average Bonchev–Trinajstić information content (AvgIpc) is 3.15. The van der Waals surface area contributed by atoms with E-state index in [1.165, 1.54) is 11.9 Å². The monoisotopic (exact) mass is 334 g/mol. The Bertz CT molecular complexity index is 852. The van der Waals surface area contributed by atoms with E-state index in [4.69, 9.17) is 5.73 Å². The van der Waals surface area contributed by atoms with Gasteiger partial charge in [-0.3, -0.25) is 5.10 Å². The van der Waals surface area contributed by atoms with E-state index < -0.39 is 0 Å². The molecule has 0 aliphatic carbocycles. The van der Waals surface area contributed by atoms with Gasteiger partial charge in [-0.05, 0) is 35.2 Å². The molecule has 0 saturated heterocycles. The zero-order valence-electron chi connectivity index (χ0n) is 14.4. The first-order chi connectivity index (χ1) is 12.1. The number of nitrogens with one attached hydrogen (secondary N) is 2. The molecule has 0 aliphatic heterocycles. The zero-order valence-corrected chi connectivity index (χ0v) is 14.4. The summed E-state index contributed by atoms with van der Waals surface area (Å²) < 4.78 is 0. The maximum Gasteiger partial charge on any atom is 0.193 e. The molecule has 0 saturated carbocycles. The summed E-state index contributed by atoms with van der Waals surface area (Å²) in [7, 11) is 0. The van der Waals surface area contributed by atoms with Gasteiger partial charge in [0.05, 0.1) is 6.54 Å². The summed E-state index contributed by atoms with van der Waals surface area (Å²) in [5.41, 5.74) is 10.3. The predicted molar refractivity (Wildman–Crippen MR) is 101 cm³/mol. The Morgan fingerprint density at radius 2 is 2.04 bits per heavy atom. The second kappa shape index (κ2) is 7.61. The Labute approximate surface area is 147 Å². The van der Waals surface area contributed by atoms with Gasteiger partial charge in [-0.2, -0.15) is 5.10 Å². The van der Waals surface area contributed by atoms with E-state index in [-0.39, 0.29) is 0 Å². The molecule has 128 valence electrons. The highest BCUT2D eigenvalue weighted by Gasteiger charge is 2.03. The van der Waals surface area contributed by atoms with E-state index in [2.05, 4.69) is 51.5 Å². The van der Waals surface area contributed by atoms with Crippen LogP contribution in [-0.2, 0) is 6.54 Å². The number of aromatic amines is 1. The number of aliphatic imine (C=N–C) groups is 1. The molecule has 6 nitrogen and oxygen atoms in total. The van der Waals surface area contributed by atoms with Crippen molar-refractivity contribution in [2.45, 2.75) is 26.3 Å². The van der Waals surface area contributed by atoms with Crippen molar-refractivity contribution in [1.29, 1.82) is 0 Å². The van der Waals surface area contributed by atoms with Crippen LogP contribution in [-0.4, -0.2) is 21.1 Å². The zero-order chi connectivity index (χ0) is 17.6. The number of guanidine groups is 1. The smallest absolute Gasteiger partial charge is 0.193 e. The first-order valence-corrected chi connectivity index (χ1v) is 8.23. The van der Waals surface area contributed by atoms with Crippen LogP contribution in [0, 0.1) is 0 Å². The quantitative estimate of drug-likeness (QED) is 0.492. The molecule has 0 amide bonds. The fourth-order valence-corrected chi connectivity index (χ4v) is 2.50. The summed E-state index contributed by atoms with van der Waals surface area (Å²) in [6.07, 6.45) is 1.49. The van der Waals surface area contributed by atoms with Crippen molar-refractivity contribution in [2.75, 3.05) is 5.32 Å². The molecule has 2 aromatic carbocycles. The normalized spacial score (nSPS) is 11.7. The molecule has 0 unspecified atom stereocenters. The Balaban J connectivity index is 1.67. The molecule has 0 bridgehead atoms. The number of hydrogen-bond acceptors (Lipinski definition) is 3. The van der Waals surface area contributed by atoms with Crippen molar-refractivity contribution in [3.63, 3.8) is 0 Å². The average molecular weight is 334 g/mol. The molecule has 1 aromatic heterocycles. The summed E-state index contributed by atoms with van der Waals surface area (Å²) in [4.78, 5) is 8.59. The largest absolute Gasteiger partial charge is 0.370 e. The fourth-order valence-electron chi connectivity index (χ4n) is 2.50. The van der Waals surface area contributed by atoms with Gasteiger partial charge < -0.3 is 11.1 Å². The Hall–Kier alpha value is -3.15. The molecule has 0 radical (unpaired) electrons. The van der Waals surface area contributed by atoms with Crippen molar-refractivity contribution in [2.24, 2.45) is 10.7 Å². The van der Waals surface area contributed by atoms with E-state index in [1.807, 2.05) is 36.4 Å². The predicted octanol–water partition coefficient (Wildman–Crippen LogP) is 3.52. The highest BCUT2D eigenvalue weighted by Crippen LogP contribution is 2.19. The minimum atomic E-state index is 0.394. The lowest BCUT2D eigenvalue weighted by atomic mass is 10.0. The minimum Gasteiger partial charge on any atom is -0.370 e. The van der Waals surface area contributed by atoms with Gasteiger partial charge in [0.25, 0.3) is 0 Å². The second-order valence-corrected chi connectivity index (χ2v) is 6.14. The molecule has 4 N–H and O–H groups in total. The van der Waals surface area contributed by atoms with Gasteiger partial charge >= 0.3 is 0 Å². The van der Waals surface area contributed by atoms with Gasteiger partial charge in [0.15, 0.2) is 11.8 Å². The van der Waals surface area contributed by atoms with Gasteiger partial charge in [-0.15, -0.1) is 0 Å².